The highest BCUT2D eigenvalue weighted by Crippen LogP contribution is 2.73. The van der Waals surface area contributed by atoms with Gasteiger partial charge in [0.2, 0.25) is 0 Å². The molecule has 9 heteroatoms. The highest BCUT2D eigenvalue weighted by molar-refractivity contribution is 7.62. The van der Waals surface area contributed by atoms with E-state index in [9.17, 15) is 9.13 Å². The quantitative estimate of drug-likeness (QED) is 0.391. The zero-order valence-corrected chi connectivity index (χ0v) is 19.3. The van der Waals surface area contributed by atoms with Crippen molar-refractivity contribution in [3.05, 3.63) is 11.1 Å². The maximum atomic E-state index is 13.6. The molecule has 2 heterocycles. The second-order valence-electron chi connectivity index (χ2n) is 9.08. The van der Waals surface area contributed by atoms with E-state index in [2.05, 4.69) is 6.07 Å². The molecule has 0 atom stereocenters. The number of allylic oxidation sites excluding steroid dienone is 1. The maximum absolute atomic E-state index is 13.6. The number of rotatable bonds is 5. The van der Waals surface area contributed by atoms with E-state index in [0.29, 0.717) is 6.42 Å². The summed E-state index contributed by atoms with van der Waals surface area (Å²) in [6, 6.07) is 2.06. The third-order valence-corrected chi connectivity index (χ3v) is 10.4. The summed E-state index contributed by atoms with van der Waals surface area (Å²) in [4.78, 5) is 0. The molecule has 0 amide bonds. The van der Waals surface area contributed by atoms with Gasteiger partial charge in [-0.2, -0.15) is 5.26 Å². The molecule has 0 radical (unpaired) electrons. The van der Waals surface area contributed by atoms with Gasteiger partial charge in [-0.3, -0.25) is 27.2 Å². The average Bonchev–Trinajstić information content (AvgIpc) is 2.70. The molecule has 0 bridgehead atoms. The zero-order valence-electron chi connectivity index (χ0n) is 17.5. The summed E-state index contributed by atoms with van der Waals surface area (Å²) >= 11 is 0. The molecule has 2 fully saturated rings. The first-order valence-electron chi connectivity index (χ1n) is 9.11. The van der Waals surface area contributed by atoms with Gasteiger partial charge in [0.1, 0.15) is 22.4 Å². The van der Waals surface area contributed by atoms with Gasteiger partial charge < -0.3 is 0 Å². The molecule has 0 saturated carbocycles. The van der Waals surface area contributed by atoms with Gasteiger partial charge in [0.05, 0.1) is 6.07 Å². The molecule has 2 aliphatic rings. The van der Waals surface area contributed by atoms with Crippen molar-refractivity contribution in [1.82, 2.24) is 0 Å². The van der Waals surface area contributed by atoms with Crippen molar-refractivity contribution < 1.29 is 27.2 Å². The Hall–Kier alpha value is -0.470. The molecule has 7 nitrogen and oxygen atoms in total. The minimum Gasteiger partial charge on any atom is -0.296 e. The third-order valence-electron chi connectivity index (χ3n) is 5.69. The SMILES string of the molecule is CC1(C)OP(=O)(/C=C(/CCCC#N)P2(=O)OC(C)(C)C(C)(C)O2)OC1(C)C. The van der Waals surface area contributed by atoms with Crippen LogP contribution in [-0.4, -0.2) is 22.4 Å². The first-order valence-corrected chi connectivity index (χ1v) is 12.3. The Labute approximate surface area is 162 Å². The monoisotopic (exact) mass is 419 g/mol. The summed E-state index contributed by atoms with van der Waals surface area (Å²) in [5.74, 6) is 1.29. The smallest absolute Gasteiger partial charge is 0.296 e. The molecule has 2 rings (SSSR count). The van der Waals surface area contributed by atoms with E-state index in [1.807, 2.05) is 0 Å². The lowest BCUT2D eigenvalue weighted by atomic mass is 9.90. The summed E-state index contributed by atoms with van der Waals surface area (Å²) < 4.78 is 50.1. The molecular formula is C18H31NO6P2. The Morgan fingerprint density at radius 2 is 1.26 bits per heavy atom. The van der Waals surface area contributed by atoms with Crippen molar-refractivity contribution in [3.63, 3.8) is 0 Å². The topological polar surface area (TPSA) is 94.9 Å². The van der Waals surface area contributed by atoms with Crippen LogP contribution in [0.1, 0.15) is 74.7 Å². The summed E-state index contributed by atoms with van der Waals surface area (Å²) in [5.41, 5.74) is -3.19. The molecule has 0 aromatic heterocycles. The first kappa shape index (κ1) is 22.8. The lowest BCUT2D eigenvalue weighted by Crippen LogP contribution is -2.41. The fourth-order valence-electron chi connectivity index (χ4n) is 2.69. The number of hydrogen-bond acceptors (Lipinski definition) is 7. The molecule has 2 saturated heterocycles. The zero-order chi connectivity index (χ0) is 20.9. The van der Waals surface area contributed by atoms with Gasteiger partial charge in [0, 0.05) is 17.6 Å². The van der Waals surface area contributed by atoms with Gasteiger partial charge in [-0.25, -0.2) is 0 Å². The van der Waals surface area contributed by atoms with Crippen molar-refractivity contribution in [3.8, 4) is 6.07 Å². The van der Waals surface area contributed by atoms with Crippen molar-refractivity contribution in [2.75, 3.05) is 0 Å². The molecule has 27 heavy (non-hydrogen) atoms. The van der Waals surface area contributed by atoms with E-state index in [1.54, 1.807) is 55.4 Å². The minimum atomic E-state index is -3.72. The van der Waals surface area contributed by atoms with Crippen LogP contribution in [0, 0.1) is 11.3 Å². The van der Waals surface area contributed by atoms with Crippen LogP contribution in [0.25, 0.3) is 0 Å². The average molecular weight is 419 g/mol. The summed E-state index contributed by atoms with van der Waals surface area (Å²) in [7, 11) is -7.40. The number of hydrogen-bond donors (Lipinski definition) is 0. The van der Waals surface area contributed by atoms with Crippen molar-refractivity contribution in [1.29, 1.82) is 5.26 Å². The Morgan fingerprint density at radius 1 is 0.852 bits per heavy atom. The van der Waals surface area contributed by atoms with Crippen molar-refractivity contribution in [2.45, 2.75) is 97.1 Å². The Bertz CT molecular complexity index is 735. The molecule has 0 aromatic rings. The number of nitriles is 1. The normalized spacial score (nSPS) is 29.4. The molecule has 0 spiro atoms. The van der Waals surface area contributed by atoms with Crippen molar-refractivity contribution in [2.24, 2.45) is 0 Å². The fourth-order valence-corrected chi connectivity index (χ4v) is 8.37. The summed E-state index contributed by atoms with van der Waals surface area (Å²) in [6.07, 6.45) is 0.953. The van der Waals surface area contributed by atoms with E-state index in [0.717, 1.165) is 0 Å². The highest BCUT2D eigenvalue weighted by Gasteiger charge is 2.59. The molecule has 154 valence electrons. The predicted molar refractivity (Wildman–Crippen MR) is 103 cm³/mol. The van der Waals surface area contributed by atoms with E-state index >= 15 is 0 Å². The fraction of sp³-hybridized carbons (Fsp3) is 0.833. The summed E-state index contributed by atoms with van der Waals surface area (Å²) in [5, 5.41) is 9.09. The van der Waals surface area contributed by atoms with Gasteiger partial charge in [-0.1, -0.05) is 0 Å². The van der Waals surface area contributed by atoms with Gasteiger partial charge in [0.15, 0.2) is 0 Å². The second-order valence-corrected chi connectivity index (χ2v) is 12.7. The number of nitrogens with zero attached hydrogens (tertiary/aromatic N) is 1. The second kappa shape index (κ2) is 6.80. The predicted octanol–water partition coefficient (Wildman–Crippen LogP) is 6.12. The molecule has 2 aliphatic heterocycles. The third kappa shape index (κ3) is 4.27. The van der Waals surface area contributed by atoms with E-state index in [4.69, 9.17) is 23.4 Å². The van der Waals surface area contributed by atoms with E-state index < -0.39 is 37.6 Å². The Kier molecular flexibility index (Phi) is 5.75. The minimum absolute atomic E-state index is 0.244. The van der Waals surface area contributed by atoms with Crippen LogP contribution in [0.2, 0.25) is 0 Å². The van der Waals surface area contributed by atoms with Gasteiger partial charge in [-0.05, 0) is 68.2 Å². The van der Waals surface area contributed by atoms with Crippen LogP contribution in [0.3, 0.4) is 0 Å². The largest absolute Gasteiger partial charge is 0.358 e. The van der Waals surface area contributed by atoms with Crippen LogP contribution in [0.4, 0.5) is 0 Å². The van der Waals surface area contributed by atoms with Crippen LogP contribution < -0.4 is 0 Å². The molecular weight excluding hydrogens is 388 g/mol. The van der Waals surface area contributed by atoms with Crippen molar-refractivity contribution >= 4 is 15.2 Å². The lowest BCUT2D eigenvalue weighted by Gasteiger charge is -2.29. The Balaban J connectivity index is 2.45. The summed E-state index contributed by atoms with van der Waals surface area (Å²) in [6.45, 7) is 14.4. The van der Waals surface area contributed by atoms with Crippen LogP contribution in [-0.2, 0) is 27.2 Å². The van der Waals surface area contributed by atoms with Crippen LogP contribution >= 0.6 is 15.2 Å². The highest BCUT2D eigenvalue weighted by atomic mass is 31.2. The van der Waals surface area contributed by atoms with Gasteiger partial charge in [-0.15, -0.1) is 0 Å². The molecule has 0 aliphatic carbocycles. The molecule has 0 aromatic carbocycles. The van der Waals surface area contributed by atoms with E-state index in [1.165, 1.54) is 5.82 Å². The van der Waals surface area contributed by atoms with Crippen LogP contribution in [0.15, 0.2) is 11.1 Å². The van der Waals surface area contributed by atoms with Gasteiger partial charge >= 0.3 is 15.2 Å². The lowest BCUT2D eigenvalue weighted by molar-refractivity contribution is 0.00578. The van der Waals surface area contributed by atoms with Crippen LogP contribution in [0.5, 0.6) is 0 Å². The molecule has 0 unspecified atom stereocenters. The van der Waals surface area contributed by atoms with E-state index in [-0.39, 0.29) is 18.2 Å². The van der Waals surface area contributed by atoms with Gasteiger partial charge in [0.25, 0.3) is 0 Å². The maximum Gasteiger partial charge on any atom is 0.358 e. The standard InChI is InChI=1S/C18H31NO6P2/c1-15(2)16(3,4)23-26(20,22-15)13-14(11-9-10-12-19)27(21)24-17(5,6)18(7,8)25-27/h13H,9-11H2,1-8H3/b14-13-. The molecule has 0 N–H and O–H groups in total. The Morgan fingerprint density at radius 3 is 1.67 bits per heavy atom. The number of unbranched alkanes of at least 4 members (excludes halogenated alkanes) is 1. The first-order chi connectivity index (χ1) is 12.0.